The molecule has 0 spiro atoms. The molecule has 20 heavy (non-hydrogen) atoms. The first-order chi connectivity index (χ1) is 9.62. The van der Waals surface area contributed by atoms with Gasteiger partial charge in [-0.15, -0.1) is 0 Å². The van der Waals surface area contributed by atoms with E-state index in [1.165, 1.54) is 35.7 Å². The second-order valence-corrected chi connectivity index (χ2v) is 8.09. The predicted molar refractivity (Wildman–Crippen MR) is 94.7 cm³/mol. The quantitative estimate of drug-likeness (QED) is 0.720. The monoisotopic (exact) mass is 355 g/mol. The normalized spacial score (nSPS) is 22.6. The first-order valence-corrected chi connectivity index (χ1v) is 9.68. The molecule has 0 bridgehead atoms. The van der Waals surface area contributed by atoms with Gasteiger partial charge in [-0.1, -0.05) is 41.9 Å². The average Bonchev–Trinajstić information content (AvgIpc) is 2.42. The van der Waals surface area contributed by atoms with Crippen LogP contribution in [0.5, 0.6) is 0 Å². The minimum Gasteiger partial charge on any atom is -0.313 e. The van der Waals surface area contributed by atoms with Gasteiger partial charge in [0, 0.05) is 21.8 Å². The fraction of sp³-hybridized carbons (Fsp3) is 0.647. The molecule has 1 N–H and O–H groups in total. The molecule has 1 aromatic carbocycles. The molecule has 112 valence electrons. The molecule has 3 heteroatoms. The van der Waals surface area contributed by atoms with Crippen molar-refractivity contribution in [1.82, 2.24) is 5.32 Å². The summed E-state index contributed by atoms with van der Waals surface area (Å²) < 4.78 is 1.63. The zero-order valence-electron chi connectivity index (χ0n) is 12.8. The molecule has 0 aromatic heterocycles. The molecule has 0 unspecified atom stereocenters. The Hall–Kier alpha value is 0.01000. The second-order valence-electron chi connectivity index (χ2n) is 5.90. The Bertz CT molecular complexity index is 416. The van der Waals surface area contributed by atoms with Gasteiger partial charge in [0.1, 0.15) is 0 Å². The number of benzene rings is 1. The maximum absolute atomic E-state index is 3.79. The molecule has 1 aromatic rings. The van der Waals surface area contributed by atoms with Crippen molar-refractivity contribution in [1.29, 1.82) is 0 Å². The van der Waals surface area contributed by atoms with Crippen LogP contribution in [0.4, 0.5) is 0 Å². The van der Waals surface area contributed by atoms with Gasteiger partial charge in [0.05, 0.1) is 0 Å². The smallest absolute Gasteiger partial charge is 0.0276 e. The van der Waals surface area contributed by atoms with Gasteiger partial charge in [-0.3, -0.25) is 0 Å². The third kappa shape index (κ3) is 3.80. The Labute approximate surface area is 136 Å². The lowest BCUT2D eigenvalue weighted by Gasteiger charge is -2.40. The summed E-state index contributed by atoms with van der Waals surface area (Å²) in [6.07, 6.45) is 7.32. The van der Waals surface area contributed by atoms with Crippen LogP contribution in [0.2, 0.25) is 0 Å². The molecule has 1 fully saturated rings. The van der Waals surface area contributed by atoms with E-state index in [0.29, 0.717) is 10.8 Å². The lowest BCUT2D eigenvalue weighted by Crippen LogP contribution is -2.46. The highest BCUT2D eigenvalue weighted by molar-refractivity contribution is 9.10. The first-order valence-electron chi connectivity index (χ1n) is 7.66. The van der Waals surface area contributed by atoms with Gasteiger partial charge < -0.3 is 5.32 Å². The van der Waals surface area contributed by atoms with Crippen molar-refractivity contribution in [3.63, 3.8) is 0 Å². The topological polar surface area (TPSA) is 12.0 Å². The Morgan fingerprint density at radius 3 is 2.55 bits per heavy atom. The number of hydrogen-bond acceptors (Lipinski definition) is 2. The summed E-state index contributed by atoms with van der Waals surface area (Å²) in [5.74, 6) is 0.747. The van der Waals surface area contributed by atoms with Crippen molar-refractivity contribution in [2.75, 3.05) is 12.8 Å². The highest BCUT2D eigenvalue weighted by Gasteiger charge is 2.32. The van der Waals surface area contributed by atoms with Gasteiger partial charge in [-0.05, 0) is 55.6 Å². The van der Waals surface area contributed by atoms with E-state index < -0.39 is 0 Å². The van der Waals surface area contributed by atoms with Crippen LogP contribution in [0.15, 0.2) is 28.7 Å². The summed E-state index contributed by atoms with van der Waals surface area (Å²) in [4.78, 5) is 0. The Morgan fingerprint density at radius 1 is 1.30 bits per heavy atom. The highest BCUT2D eigenvalue weighted by atomic mass is 79.9. The summed E-state index contributed by atoms with van der Waals surface area (Å²) in [6.45, 7) is 5.77. The van der Waals surface area contributed by atoms with Gasteiger partial charge in [-0.25, -0.2) is 0 Å². The van der Waals surface area contributed by atoms with Crippen molar-refractivity contribution in [2.45, 2.75) is 56.2 Å². The van der Waals surface area contributed by atoms with Crippen LogP contribution in [0.3, 0.4) is 0 Å². The van der Waals surface area contributed by atoms with Crippen LogP contribution in [0.25, 0.3) is 0 Å². The summed E-state index contributed by atoms with van der Waals surface area (Å²) >= 11 is 5.59. The molecule has 0 amide bonds. The van der Waals surface area contributed by atoms with Crippen molar-refractivity contribution >= 4 is 27.7 Å². The standard InChI is InChI=1S/C17H26BrNS/c1-4-17(5-2,20-3)12-19-16-10-14(11-16)13-7-6-8-15(18)9-13/h6-9,14,16,19H,4-5,10-12H2,1-3H3. The summed E-state index contributed by atoms with van der Waals surface area (Å²) in [5, 5.41) is 3.79. The highest BCUT2D eigenvalue weighted by Crippen LogP contribution is 2.38. The molecule has 0 atom stereocenters. The fourth-order valence-corrected chi connectivity index (χ4v) is 4.23. The van der Waals surface area contributed by atoms with Gasteiger partial charge in [0.15, 0.2) is 0 Å². The van der Waals surface area contributed by atoms with E-state index in [-0.39, 0.29) is 0 Å². The van der Waals surface area contributed by atoms with E-state index in [4.69, 9.17) is 0 Å². The summed E-state index contributed by atoms with van der Waals surface area (Å²) in [6, 6.07) is 9.49. The van der Waals surface area contributed by atoms with Crippen LogP contribution < -0.4 is 5.32 Å². The fourth-order valence-electron chi connectivity index (χ4n) is 3.01. The maximum Gasteiger partial charge on any atom is 0.0276 e. The van der Waals surface area contributed by atoms with Gasteiger partial charge in [0.25, 0.3) is 0 Å². The Kier molecular flexibility index (Phi) is 6.00. The second kappa shape index (κ2) is 7.33. The van der Waals surface area contributed by atoms with Crippen molar-refractivity contribution in [3.05, 3.63) is 34.3 Å². The molecule has 0 saturated heterocycles. The minimum absolute atomic E-state index is 0.431. The van der Waals surface area contributed by atoms with Crippen LogP contribution in [-0.4, -0.2) is 23.6 Å². The van der Waals surface area contributed by atoms with Crippen LogP contribution in [0, 0.1) is 0 Å². The maximum atomic E-state index is 3.79. The number of halogens is 1. The van der Waals surface area contributed by atoms with E-state index in [0.717, 1.165) is 12.5 Å². The third-order valence-corrected chi connectivity index (χ3v) is 6.97. The Balaban J connectivity index is 1.79. The average molecular weight is 356 g/mol. The van der Waals surface area contributed by atoms with Crippen molar-refractivity contribution in [3.8, 4) is 0 Å². The molecule has 0 aliphatic heterocycles. The van der Waals surface area contributed by atoms with Gasteiger partial charge in [0.2, 0.25) is 0 Å². The number of hydrogen-bond donors (Lipinski definition) is 1. The minimum atomic E-state index is 0.431. The SMILES string of the molecule is CCC(CC)(CNC1CC(c2cccc(Br)c2)C1)SC. The van der Waals surface area contributed by atoms with Crippen molar-refractivity contribution < 1.29 is 0 Å². The molecular weight excluding hydrogens is 330 g/mol. The molecule has 0 radical (unpaired) electrons. The number of nitrogens with one attached hydrogen (secondary N) is 1. The van der Waals surface area contributed by atoms with Crippen LogP contribution >= 0.6 is 27.7 Å². The van der Waals surface area contributed by atoms with E-state index in [9.17, 15) is 0 Å². The Morgan fingerprint density at radius 2 is 2.00 bits per heavy atom. The van der Waals surface area contributed by atoms with Crippen LogP contribution in [-0.2, 0) is 0 Å². The lowest BCUT2D eigenvalue weighted by atomic mass is 9.75. The van der Waals surface area contributed by atoms with E-state index in [1.807, 2.05) is 11.8 Å². The van der Waals surface area contributed by atoms with Gasteiger partial charge >= 0.3 is 0 Å². The molecule has 0 heterocycles. The predicted octanol–water partition coefficient (Wildman–Crippen LogP) is 5.21. The van der Waals surface area contributed by atoms with Crippen molar-refractivity contribution in [2.24, 2.45) is 0 Å². The van der Waals surface area contributed by atoms with E-state index in [1.54, 1.807) is 0 Å². The molecular formula is C17H26BrNS. The molecule has 1 aliphatic carbocycles. The molecule has 1 aliphatic rings. The van der Waals surface area contributed by atoms with Crippen LogP contribution in [0.1, 0.15) is 51.0 Å². The molecule has 1 nitrogen and oxygen atoms in total. The molecule has 1 saturated carbocycles. The third-order valence-electron chi connectivity index (χ3n) is 4.89. The number of rotatable bonds is 7. The summed E-state index contributed by atoms with van der Waals surface area (Å²) in [7, 11) is 0. The van der Waals surface area contributed by atoms with E-state index >= 15 is 0 Å². The summed E-state index contributed by atoms with van der Waals surface area (Å²) in [5.41, 5.74) is 1.49. The zero-order chi connectivity index (χ0) is 14.6. The zero-order valence-corrected chi connectivity index (χ0v) is 15.2. The van der Waals surface area contributed by atoms with Gasteiger partial charge in [-0.2, -0.15) is 11.8 Å². The van der Waals surface area contributed by atoms with E-state index in [2.05, 4.69) is 65.6 Å². The largest absolute Gasteiger partial charge is 0.313 e. The first kappa shape index (κ1) is 16.4. The number of thioether (sulfide) groups is 1. The lowest BCUT2D eigenvalue weighted by molar-refractivity contribution is 0.279. The molecule has 2 rings (SSSR count).